The summed E-state index contributed by atoms with van der Waals surface area (Å²) in [6.45, 7) is 5.74. The lowest BCUT2D eigenvalue weighted by molar-refractivity contribution is 0.180. The maximum atomic E-state index is 12.1. The van der Waals surface area contributed by atoms with Gasteiger partial charge in [0.15, 0.2) is 0 Å². The van der Waals surface area contributed by atoms with Crippen LogP contribution >= 0.6 is 0 Å². The number of nitrogens with zero attached hydrogens (tertiary/aromatic N) is 1. The third-order valence-corrected chi connectivity index (χ3v) is 4.78. The highest BCUT2D eigenvalue weighted by molar-refractivity contribution is 7.89. The quantitative estimate of drug-likeness (QED) is 0.898. The van der Waals surface area contributed by atoms with E-state index in [0.717, 1.165) is 18.7 Å². The Hall–Kier alpha value is -0.910. The van der Waals surface area contributed by atoms with Gasteiger partial charge in [0, 0.05) is 19.1 Å². The number of hydrogen-bond donors (Lipinski definition) is 1. The Kier molecular flexibility index (Phi) is 3.75. The Balaban J connectivity index is 2.09. The highest BCUT2D eigenvalue weighted by Crippen LogP contribution is 2.18. The van der Waals surface area contributed by atoms with Gasteiger partial charge in [-0.2, -0.15) is 0 Å². The number of sulfonamides is 1. The number of rotatable bonds is 4. The van der Waals surface area contributed by atoms with Crippen molar-refractivity contribution in [3.63, 3.8) is 0 Å². The van der Waals surface area contributed by atoms with E-state index in [1.54, 1.807) is 12.1 Å². The summed E-state index contributed by atoms with van der Waals surface area (Å²) in [5.74, 6) is 0.412. The Morgan fingerprint density at radius 1 is 1.22 bits per heavy atom. The smallest absolute Gasteiger partial charge is 0.240 e. The number of likely N-dealkylation sites (tertiary alicyclic amines) is 1. The third kappa shape index (κ3) is 2.91. The molecule has 18 heavy (non-hydrogen) atoms. The molecular weight excluding hydrogens is 248 g/mol. The topological polar surface area (TPSA) is 49.4 Å². The fraction of sp³-hybridized carbons (Fsp3) is 0.538. The van der Waals surface area contributed by atoms with Crippen LogP contribution in [0.2, 0.25) is 0 Å². The van der Waals surface area contributed by atoms with E-state index < -0.39 is 10.0 Å². The van der Waals surface area contributed by atoms with Crippen LogP contribution in [0.15, 0.2) is 29.2 Å². The van der Waals surface area contributed by atoms with Gasteiger partial charge in [0.2, 0.25) is 10.0 Å². The van der Waals surface area contributed by atoms with Crippen molar-refractivity contribution >= 4 is 10.0 Å². The van der Waals surface area contributed by atoms with Crippen LogP contribution in [0, 0.1) is 0 Å². The lowest BCUT2D eigenvalue weighted by Crippen LogP contribution is -2.57. The van der Waals surface area contributed by atoms with Gasteiger partial charge in [-0.15, -0.1) is 0 Å². The molecule has 1 aromatic rings. The lowest BCUT2D eigenvalue weighted by Gasteiger charge is -2.36. The number of hydrogen-bond acceptors (Lipinski definition) is 3. The van der Waals surface area contributed by atoms with Gasteiger partial charge in [-0.05, 0) is 30.7 Å². The number of benzene rings is 1. The van der Waals surface area contributed by atoms with E-state index >= 15 is 0 Å². The molecule has 0 amide bonds. The summed E-state index contributed by atoms with van der Waals surface area (Å²) >= 11 is 0. The highest BCUT2D eigenvalue weighted by Gasteiger charge is 2.28. The van der Waals surface area contributed by atoms with Gasteiger partial charge in [-0.1, -0.05) is 26.0 Å². The molecule has 1 saturated heterocycles. The van der Waals surface area contributed by atoms with E-state index in [1.165, 1.54) is 0 Å². The SMILES string of the molecule is CC(C)c1ccc(S(=O)(=O)NC2CN(C)C2)cc1. The number of nitrogens with one attached hydrogen (secondary N) is 1. The van der Waals surface area contributed by atoms with Gasteiger partial charge in [-0.25, -0.2) is 13.1 Å². The van der Waals surface area contributed by atoms with Gasteiger partial charge in [0.05, 0.1) is 4.90 Å². The maximum Gasteiger partial charge on any atom is 0.240 e. The first kappa shape index (κ1) is 13.5. The molecule has 0 spiro atoms. The molecular formula is C13H20N2O2S. The minimum atomic E-state index is -3.36. The summed E-state index contributed by atoms with van der Waals surface area (Å²) in [6, 6.07) is 7.17. The van der Waals surface area contributed by atoms with E-state index in [9.17, 15) is 8.42 Å². The fourth-order valence-electron chi connectivity index (χ4n) is 2.09. The van der Waals surface area contributed by atoms with E-state index in [1.807, 2.05) is 19.2 Å². The van der Waals surface area contributed by atoms with Crippen molar-refractivity contribution < 1.29 is 8.42 Å². The Morgan fingerprint density at radius 3 is 2.22 bits per heavy atom. The van der Waals surface area contributed by atoms with Crippen LogP contribution in [0.4, 0.5) is 0 Å². The second-order valence-electron chi connectivity index (χ2n) is 5.26. The average Bonchev–Trinajstić information content (AvgIpc) is 2.27. The van der Waals surface area contributed by atoms with Crippen LogP contribution in [0.3, 0.4) is 0 Å². The first-order valence-electron chi connectivity index (χ1n) is 6.19. The van der Waals surface area contributed by atoms with Crippen molar-refractivity contribution in [2.45, 2.75) is 30.7 Å². The molecule has 0 aliphatic carbocycles. The summed E-state index contributed by atoms with van der Waals surface area (Å²) < 4.78 is 26.9. The van der Waals surface area contributed by atoms with E-state index in [2.05, 4.69) is 23.5 Å². The normalized spacial score (nSPS) is 18.0. The van der Waals surface area contributed by atoms with Gasteiger partial charge in [-0.3, -0.25) is 0 Å². The second-order valence-corrected chi connectivity index (χ2v) is 6.98. The van der Waals surface area contributed by atoms with Crippen molar-refractivity contribution in [2.24, 2.45) is 0 Å². The Labute approximate surface area is 109 Å². The maximum absolute atomic E-state index is 12.1. The predicted octanol–water partition coefficient (Wildman–Crippen LogP) is 1.40. The molecule has 2 rings (SSSR count). The highest BCUT2D eigenvalue weighted by atomic mass is 32.2. The molecule has 1 fully saturated rings. The summed E-state index contributed by atoms with van der Waals surface area (Å²) in [5.41, 5.74) is 1.15. The van der Waals surface area contributed by atoms with Crippen molar-refractivity contribution in [1.82, 2.24) is 9.62 Å². The summed E-state index contributed by atoms with van der Waals surface area (Å²) in [6.07, 6.45) is 0. The molecule has 0 unspecified atom stereocenters. The predicted molar refractivity (Wildman–Crippen MR) is 72.1 cm³/mol. The molecule has 1 aliphatic rings. The fourth-order valence-corrected chi connectivity index (χ4v) is 3.31. The lowest BCUT2D eigenvalue weighted by atomic mass is 10.0. The van der Waals surface area contributed by atoms with Crippen molar-refractivity contribution in [3.05, 3.63) is 29.8 Å². The van der Waals surface area contributed by atoms with Crippen LogP contribution in [-0.4, -0.2) is 39.5 Å². The zero-order valence-corrected chi connectivity index (χ0v) is 11.9. The van der Waals surface area contributed by atoms with E-state index in [0.29, 0.717) is 10.8 Å². The zero-order valence-electron chi connectivity index (χ0n) is 11.1. The molecule has 1 aromatic carbocycles. The van der Waals surface area contributed by atoms with E-state index in [4.69, 9.17) is 0 Å². The molecule has 0 bridgehead atoms. The van der Waals surface area contributed by atoms with Gasteiger partial charge >= 0.3 is 0 Å². The van der Waals surface area contributed by atoms with E-state index in [-0.39, 0.29) is 6.04 Å². The standard InChI is InChI=1S/C13H20N2O2S/c1-10(2)11-4-6-13(7-5-11)18(16,17)14-12-8-15(3)9-12/h4-7,10,12,14H,8-9H2,1-3H3. The van der Waals surface area contributed by atoms with Crippen molar-refractivity contribution in [1.29, 1.82) is 0 Å². The van der Waals surface area contributed by atoms with Crippen LogP contribution < -0.4 is 4.72 Å². The number of likely N-dealkylation sites (N-methyl/N-ethyl adjacent to an activating group) is 1. The van der Waals surface area contributed by atoms with Crippen LogP contribution in [0.1, 0.15) is 25.3 Å². The molecule has 0 atom stereocenters. The van der Waals surface area contributed by atoms with Crippen molar-refractivity contribution in [3.8, 4) is 0 Å². The molecule has 100 valence electrons. The molecule has 1 aliphatic heterocycles. The largest absolute Gasteiger partial charge is 0.303 e. The van der Waals surface area contributed by atoms with Crippen LogP contribution in [0.25, 0.3) is 0 Å². The molecule has 4 nitrogen and oxygen atoms in total. The Morgan fingerprint density at radius 2 is 1.78 bits per heavy atom. The molecule has 5 heteroatoms. The molecule has 1 N–H and O–H groups in total. The monoisotopic (exact) mass is 268 g/mol. The summed E-state index contributed by atoms with van der Waals surface area (Å²) in [7, 11) is -1.39. The molecule has 0 saturated carbocycles. The summed E-state index contributed by atoms with van der Waals surface area (Å²) in [4.78, 5) is 2.43. The molecule has 0 aromatic heterocycles. The van der Waals surface area contributed by atoms with Crippen LogP contribution in [0.5, 0.6) is 0 Å². The molecule has 0 radical (unpaired) electrons. The average molecular weight is 268 g/mol. The second kappa shape index (κ2) is 4.99. The first-order chi connectivity index (χ1) is 8.38. The van der Waals surface area contributed by atoms with Crippen LogP contribution in [-0.2, 0) is 10.0 Å². The minimum absolute atomic E-state index is 0.0461. The van der Waals surface area contributed by atoms with Crippen molar-refractivity contribution in [2.75, 3.05) is 20.1 Å². The van der Waals surface area contributed by atoms with Gasteiger partial charge in [0.25, 0.3) is 0 Å². The minimum Gasteiger partial charge on any atom is -0.303 e. The summed E-state index contributed by atoms with van der Waals surface area (Å²) in [5, 5.41) is 0. The van der Waals surface area contributed by atoms with Gasteiger partial charge < -0.3 is 4.90 Å². The third-order valence-electron chi connectivity index (χ3n) is 3.24. The van der Waals surface area contributed by atoms with Gasteiger partial charge in [0.1, 0.15) is 0 Å². The zero-order chi connectivity index (χ0) is 13.3. The first-order valence-corrected chi connectivity index (χ1v) is 7.67. The molecule has 1 heterocycles. The Bertz CT molecular complexity index is 502.